The molecule has 0 saturated carbocycles. The highest BCUT2D eigenvalue weighted by atomic mass is 16.5. The van der Waals surface area contributed by atoms with Crippen LogP contribution >= 0.6 is 0 Å². The van der Waals surface area contributed by atoms with Gasteiger partial charge in [-0.2, -0.15) is 0 Å². The number of fused-ring (bicyclic) bond motifs is 1. The molecule has 0 aliphatic carbocycles. The quantitative estimate of drug-likeness (QED) is 0.784. The first kappa shape index (κ1) is 15.8. The highest BCUT2D eigenvalue weighted by molar-refractivity contribution is 6.03. The Labute approximate surface area is 128 Å². The molecule has 22 heavy (non-hydrogen) atoms. The fourth-order valence-electron chi connectivity index (χ4n) is 2.08. The Morgan fingerprint density at radius 3 is 2.91 bits per heavy atom. The maximum atomic E-state index is 12.0. The standard InChI is InChI=1S/C15H18N2O5/c1-3-4-21-12-6-10(8-18)5-11-15(12)22-9-14(20)17(11)7-13(19)16-2/h5-6,8H,3-4,7,9H2,1-2H3,(H,16,19). The monoisotopic (exact) mass is 306 g/mol. The lowest BCUT2D eigenvalue weighted by Gasteiger charge is -2.30. The lowest BCUT2D eigenvalue weighted by Crippen LogP contribution is -2.44. The highest BCUT2D eigenvalue weighted by Crippen LogP contribution is 2.41. The Bertz CT molecular complexity index is 600. The van der Waals surface area contributed by atoms with Crippen LogP contribution in [0.3, 0.4) is 0 Å². The Hall–Kier alpha value is -2.57. The molecular weight excluding hydrogens is 288 g/mol. The van der Waals surface area contributed by atoms with E-state index in [1.165, 1.54) is 18.0 Å². The van der Waals surface area contributed by atoms with Gasteiger partial charge in [0, 0.05) is 12.6 Å². The van der Waals surface area contributed by atoms with E-state index >= 15 is 0 Å². The normalized spacial score (nSPS) is 13.2. The molecule has 0 aromatic heterocycles. The van der Waals surface area contributed by atoms with Crippen LogP contribution in [-0.2, 0) is 9.59 Å². The second-order valence-corrected chi connectivity index (χ2v) is 4.78. The van der Waals surface area contributed by atoms with Crippen molar-refractivity contribution in [1.29, 1.82) is 0 Å². The first-order valence-electron chi connectivity index (χ1n) is 7.00. The number of carbonyl (C=O) groups excluding carboxylic acids is 3. The summed E-state index contributed by atoms with van der Waals surface area (Å²) in [5.41, 5.74) is 0.723. The third kappa shape index (κ3) is 3.19. The average molecular weight is 306 g/mol. The maximum Gasteiger partial charge on any atom is 0.265 e. The van der Waals surface area contributed by atoms with Crippen molar-refractivity contribution in [2.75, 3.05) is 31.7 Å². The fraction of sp³-hybridized carbons (Fsp3) is 0.400. The highest BCUT2D eigenvalue weighted by Gasteiger charge is 2.30. The Morgan fingerprint density at radius 1 is 1.50 bits per heavy atom. The second kappa shape index (κ2) is 6.93. The van der Waals surface area contributed by atoms with Gasteiger partial charge in [-0.25, -0.2) is 0 Å². The number of nitrogens with one attached hydrogen (secondary N) is 1. The van der Waals surface area contributed by atoms with Crippen LogP contribution in [0.4, 0.5) is 5.69 Å². The van der Waals surface area contributed by atoms with E-state index in [9.17, 15) is 14.4 Å². The molecule has 0 unspecified atom stereocenters. The molecule has 1 N–H and O–H groups in total. The topological polar surface area (TPSA) is 84.9 Å². The Kier molecular flexibility index (Phi) is 4.98. The molecular formula is C15H18N2O5. The number of ether oxygens (including phenoxy) is 2. The largest absolute Gasteiger partial charge is 0.490 e. The number of carbonyl (C=O) groups is 3. The van der Waals surface area contributed by atoms with Crippen molar-refractivity contribution in [1.82, 2.24) is 5.32 Å². The summed E-state index contributed by atoms with van der Waals surface area (Å²) in [4.78, 5) is 36.0. The summed E-state index contributed by atoms with van der Waals surface area (Å²) in [6.45, 7) is 2.11. The lowest BCUT2D eigenvalue weighted by atomic mass is 10.1. The zero-order valence-electron chi connectivity index (χ0n) is 12.5. The molecule has 1 aromatic rings. The van der Waals surface area contributed by atoms with E-state index in [0.29, 0.717) is 35.6 Å². The van der Waals surface area contributed by atoms with Gasteiger partial charge >= 0.3 is 0 Å². The van der Waals surface area contributed by atoms with Crippen molar-refractivity contribution in [2.45, 2.75) is 13.3 Å². The molecule has 0 fully saturated rings. The summed E-state index contributed by atoms with van der Waals surface area (Å²) >= 11 is 0. The molecule has 7 heteroatoms. The fourth-order valence-corrected chi connectivity index (χ4v) is 2.08. The van der Waals surface area contributed by atoms with Crippen LogP contribution in [0.25, 0.3) is 0 Å². The van der Waals surface area contributed by atoms with Crippen LogP contribution in [-0.4, -0.2) is 44.9 Å². The van der Waals surface area contributed by atoms with Crippen LogP contribution in [0.5, 0.6) is 11.5 Å². The molecule has 0 saturated heterocycles. The molecule has 2 rings (SSSR count). The number of benzene rings is 1. The number of likely N-dealkylation sites (N-methyl/N-ethyl adjacent to an activating group) is 1. The second-order valence-electron chi connectivity index (χ2n) is 4.78. The van der Waals surface area contributed by atoms with Gasteiger partial charge in [-0.1, -0.05) is 6.92 Å². The summed E-state index contributed by atoms with van der Waals surface area (Å²) in [5.74, 6) is 0.118. The zero-order chi connectivity index (χ0) is 16.1. The summed E-state index contributed by atoms with van der Waals surface area (Å²) in [7, 11) is 1.49. The Morgan fingerprint density at radius 2 is 2.27 bits per heavy atom. The van der Waals surface area contributed by atoms with Gasteiger partial charge in [0.1, 0.15) is 12.8 Å². The predicted molar refractivity (Wildman–Crippen MR) is 79.5 cm³/mol. The van der Waals surface area contributed by atoms with Crippen LogP contribution in [0, 0.1) is 0 Å². The van der Waals surface area contributed by atoms with Crippen LogP contribution in [0.1, 0.15) is 23.7 Å². The van der Waals surface area contributed by atoms with E-state index in [4.69, 9.17) is 9.47 Å². The van der Waals surface area contributed by atoms with E-state index in [-0.39, 0.29) is 25.0 Å². The molecule has 2 amide bonds. The van der Waals surface area contributed by atoms with Gasteiger partial charge in [-0.15, -0.1) is 0 Å². The zero-order valence-corrected chi connectivity index (χ0v) is 12.5. The summed E-state index contributed by atoms with van der Waals surface area (Å²) in [5, 5.41) is 2.47. The van der Waals surface area contributed by atoms with Gasteiger partial charge in [-0.05, 0) is 18.6 Å². The van der Waals surface area contributed by atoms with E-state index in [2.05, 4.69) is 5.32 Å². The van der Waals surface area contributed by atoms with E-state index in [1.54, 1.807) is 6.07 Å². The van der Waals surface area contributed by atoms with Crippen molar-refractivity contribution in [2.24, 2.45) is 0 Å². The molecule has 1 aliphatic rings. The first-order chi connectivity index (χ1) is 10.6. The summed E-state index contributed by atoms with van der Waals surface area (Å²) in [6.07, 6.45) is 1.46. The van der Waals surface area contributed by atoms with E-state index < -0.39 is 0 Å². The van der Waals surface area contributed by atoms with Gasteiger partial charge in [0.05, 0.1) is 12.3 Å². The number of nitrogens with zero attached hydrogens (tertiary/aromatic N) is 1. The number of rotatable bonds is 6. The molecule has 0 bridgehead atoms. The number of hydrogen-bond donors (Lipinski definition) is 1. The van der Waals surface area contributed by atoms with E-state index in [0.717, 1.165) is 6.42 Å². The number of aldehydes is 1. The van der Waals surface area contributed by atoms with Gasteiger partial charge in [0.15, 0.2) is 18.1 Å². The molecule has 118 valence electrons. The molecule has 0 radical (unpaired) electrons. The van der Waals surface area contributed by atoms with Gasteiger partial charge in [-0.3, -0.25) is 19.3 Å². The maximum absolute atomic E-state index is 12.0. The first-order valence-corrected chi connectivity index (χ1v) is 7.00. The Balaban J connectivity index is 2.45. The van der Waals surface area contributed by atoms with Crippen LogP contribution in [0.15, 0.2) is 12.1 Å². The number of amides is 2. The minimum Gasteiger partial charge on any atom is -0.490 e. The molecule has 0 atom stereocenters. The molecule has 7 nitrogen and oxygen atoms in total. The summed E-state index contributed by atoms with van der Waals surface area (Å²) in [6, 6.07) is 3.08. The smallest absolute Gasteiger partial charge is 0.265 e. The minimum atomic E-state index is -0.347. The predicted octanol–water partition coefficient (Wildman–Crippen LogP) is 0.759. The summed E-state index contributed by atoms with van der Waals surface area (Å²) < 4.78 is 11.0. The molecule has 1 heterocycles. The van der Waals surface area contributed by atoms with Crippen molar-refractivity contribution < 1.29 is 23.9 Å². The van der Waals surface area contributed by atoms with Gasteiger partial charge < -0.3 is 14.8 Å². The molecule has 0 spiro atoms. The van der Waals surface area contributed by atoms with Crippen molar-refractivity contribution >= 4 is 23.8 Å². The average Bonchev–Trinajstić information content (AvgIpc) is 2.54. The number of hydrogen-bond acceptors (Lipinski definition) is 5. The van der Waals surface area contributed by atoms with Crippen molar-refractivity contribution in [3.05, 3.63) is 17.7 Å². The van der Waals surface area contributed by atoms with E-state index in [1.807, 2.05) is 6.92 Å². The SMILES string of the molecule is CCCOc1cc(C=O)cc2c1OCC(=O)N2CC(=O)NC. The van der Waals surface area contributed by atoms with Gasteiger partial charge in [0.25, 0.3) is 5.91 Å². The van der Waals surface area contributed by atoms with Crippen molar-refractivity contribution in [3.8, 4) is 11.5 Å². The lowest BCUT2D eigenvalue weighted by molar-refractivity contribution is -0.125. The third-order valence-electron chi connectivity index (χ3n) is 3.17. The van der Waals surface area contributed by atoms with Crippen LogP contribution in [0.2, 0.25) is 0 Å². The van der Waals surface area contributed by atoms with Gasteiger partial charge in [0.2, 0.25) is 5.91 Å². The van der Waals surface area contributed by atoms with Crippen molar-refractivity contribution in [3.63, 3.8) is 0 Å². The number of anilines is 1. The molecule has 1 aliphatic heterocycles. The van der Waals surface area contributed by atoms with Crippen LogP contribution < -0.4 is 19.7 Å². The minimum absolute atomic E-state index is 0.138. The molecule has 1 aromatic carbocycles. The third-order valence-corrected chi connectivity index (χ3v) is 3.17.